The van der Waals surface area contributed by atoms with E-state index in [4.69, 9.17) is 15.3 Å². The third-order valence-corrected chi connectivity index (χ3v) is 5.98. The Labute approximate surface area is 167 Å². The van der Waals surface area contributed by atoms with E-state index in [1.165, 1.54) is 11.5 Å². The molecule has 0 fully saturated rings. The van der Waals surface area contributed by atoms with Crippen molar-refractivity contribution in [1.29, 1.82) is 4.78 Å². The molecule has 1 atom stereocenters. The summed E-state index contributed by atoms with van der Waals surface area (Å²) in [4.78, 5) is 32.6. The van der Waals surface area contributed by atoms with Crippen LogP contribution >= 0.6 is 0 Å². The fourth-order valence-corrected chi connectivity index (χ4v) is 4.17. The van der Waals surface area contributed by atoms with Crippen molar-refractivity contribution in [3.8, 4) is 0 Å². The zero-order chi connectivity index (χ0) is 21.2. The van der Waals surface area contributed by atoms with Crippen LogP contribution in [-0.4, -0.2) is 35.0 Å². The maximum Gasteiger partial charge on any atom is 0.333 e. The number of rotatable bonds is 7. The Balaban J connectivity index is 2.26. The summed E-state index contributed by atoms with van der Waals surface area (Å²) < 4.78 is 28.3. The quantitative estimate of drug-likeness (QED) is 0.437. The third kappa shape index (κ3) is 4.14. The van der Waals surface area contributed by atoms with Crippen LogP contribution in [0.4, 0.5) is 5.82 Å². The molecule has 3 N–H and O–H groups in total. The monoisotopic (exact) mass is 418 g/mol. The Bertz CT molecular complexity index is 1210. The summed E-state index contributed by atoms with van der Waals surface area (Å²) in [5.41, 5.74) is 6.70. The van der Waals surface area contributed by atoms with Crippen LogP contribution in [0.5, 0.6) is 0 Å². The summed E-state index contributed by atoms with van der Waals surface area (Å²) in [5.74, 6) is -0.583. The van der Waals surface area contributed by atoms with Crippen molar-refractivity contribution in [2.45, 2.75) is 38.7 Å². The van der Waals surface area contributed by atoms with E-state index in [2.05, 4.69) is 9.97 Å². The summed E-state index contributed by atoms with van der Waals surface area (Å²) in [5, 5.41) is -0.212. The van der Waals surface area contributed by atoms with Crippen molar-refractivity contribution in [2.75, 3.05) is 11.5 Å². The van der Waals surface area contributed by atoms with E-state index in [0.29, 0.717) is 6.42 Å². The number of nitrogens with zero attached hydrogens (tertiary/aromatic N) is 4. The summed E-state index contributed by atoms with van der Waals surface area (Å²) in [7, 11) is -3.26. The molecular formula is C18H22N6O4S. The lowest BCUT2D eigenvalue weighted by molar-refractivity contribution is -0.144. The van der Waals surface area contributed by atoms with Gasteiger partial charge in [-0.1, -0.05) is 37.3 Å². The van der Waals surface area contributed by atoms with Crippen molar-refractivity contribution in [3.63, 3.8) is 0 Å². The molecule has 1 aromatic carbocycles. The number of carbonyl (C=O) groups is 1. The molecule has 0 aliphatic heterocycles. The first-order valence-electron chi connectivity index (χ1n) is 8.95. The molecule has 0 saturated heterocycles. The number of benzene rings is 1. The number of fused-ring (bicyclic) bond motifs is 1. The number of hydrogen-bond donors (Lipinski definition) is 2. The number of hydrogen-bond acceptors (Lipinski definition) is 8. The molecule has 3 rings (SSSR count). The van der Waals surface area contributed by atoms with Crippen molar-refractivity contribution >= 4 is 32.7 Å². The average molecular weight is 418 g/mol. The average Bonchev–Trinajstić information content (AvgIpc) is 2.93. The maximum atomic E-state index is 13.0. The molecule has 11 heteroatoms. The highest BCUT2D eigenvalue weighted by molar-refractivity contribution is 7.92. The van der Waals surface area contributed by atoms with Crippen LogP contribution in [0.3, 0.4) is 0 Å². The van der Waals surface area contributed by atoms with E-state index < -0.39 is 21.4 Å². The molecule has 0 spiro atoms. The Morgan fingerprint density at radius 3 is 2.55 bits per heavy atom. The molecule has 154 valence electrons. The van der Waals surface area contributed by atoms with E-state index in [-0.39, 0.29) is 41.2 Å². The summed E-state index contributed by atoms with van der Waals surface area (Å²) >= 11 is 0. The van der Waals surface area contributed by atoms with Gasteiger partial charge < -0.3 is 10.5 Å². The molecule has 0 amide bonds. The van der Waals surface area contributed by atoms with Crippen LogP contribution in [0, 0.1) is 4.78 Å². The molecule has 1 unspecified atom stereocenters. The minimum absolute atomic E-state index is 0.0784. The highest BCUT2D eigenvalue weighted by atomic mass is 32.2. The van der Waals surface area contributed by atoms with Gasteiger partial charge >= 0.3 is 11.7 Å². The van der Waals surface area contributed by atoms with E-state index in [0.717, 1.165) is 10.1 Å². The first-order valence-corrected chi connectivity index (χ1v) is 10.7. The molecule has 0 saturated carbocycles. The fraction of sp³-hybridized carbons (Fsp3) is 0.333. The standard InChI is InChI=1S/C18H22N6O4S/c1-3-9-29(20,27)17-21-15(19)14-16(22-17)23(10-13-7-5-4-6-8-13)18(26)24(14)11-28-12(2)25/h4-8,20H,3,9-11H2,1-2H3,(H2,19,21,22). The molecule has 0 aliphatic rings. The molecule has 3 aromatic rings. The number of esters is 1. The van der Waals surface area contributed by atoms with E-state index in [9.17, 15) is 13.8 Å². The van der Waals surface area contributed by atoms with Gasteiger partial charge in [-0.25, -0.2) is 18.8 Å². The van der Waals surface area contributed by atoms with Crippen LogP contribution < -0.4 is 11.4 Å². The lowest BCUT2D eigenvalue weighted by atomic mass is 10.2. The van der Waals surface area contributed by atoms with Crippen LogP contribution in [0.15, 0.2) is 40.3 Å². The molecule has 0 bridgehead atoms. The Hall–Kier alpha value is -3.21. The molecular weight excluding hydrogens is 396 g/mol. The van der Waals surface area contributed by atoms with Gasteiger partial charge in [0.15, 0.2) is 18.2 Å². The van der Waals surface area contributed by atoms with Crippen LogP contribution in [0.2, 0.25) is 0 Å². The van der Waals surface area contributed by atoms with Gasteiger partial charge in [0.05, 0.1) is 6.54 Å². The van der Waals surface area contributed by atoms with Gasteiger partial charge in [-0.2, -0.15) is 4.98 Å². The maximum absolute atomic E-state index is 13.0. The number of carbonyl (C=O) groups excluding carboxylic acids is 1. The van der Waals surface area contributed by atoms with Crippen molar-refractivity contribution in [3.05, 3.63) is 46.4 Å². The lowest BCUT2D eigenvalue weighted by Crippen LogP contribution is -2.26. The van der Waals surface area contributed by atoms with E-state index >= 15 is 0 Å². The first kappa shape index (κ1) is 20.5. The van der Waals surface area contributed by atoms with E-state index in [1.807, 2.05) is 30.3 Å². The first-order chi connectivity index (χ1) is 13.7. The predicted molar refractivity (Wildman–Crippen MR) is 108 cm³/mol. The number of aromatic nitrogens is 4. The predicted octanol–water partition coefficient (Wildman–Crippen LogP) is 1.56. The molecule has 2 heterocycles. The Morgan fingerprint density at radius 2 is 1.93 bits per heavy atom. The Kier molecular flexibility index (Phi) is 5.69. The van der Waals surface area contributed by atoms with E-state index in [1.54, 1.807) is 6.92 Å². The van der Waals surface area contributed by atoms with Gasteiger partial charge in [0.25, 0.3) is 0 Å². The van der Waals surface area contributed by atoms with Crippen molar-refractivity contribution < 1.29 is 13.7 Å². The Morgan fingerprint density at radius 1 is 1.24 bits per heavy atom. The van der Waals surface area contributed by atoms with Gasteiger partial charge in [0.2, 0.25) is 5.16 Å². The van der Waals surface area contributed by atoms with Gasteiger partial charge in [-0.3, -0.25) is 13.9 Å². The van der Waals surface area contributed by atoms with Crippen LogP contribution in [-0.2, 0) is 32.5 Å². The second kappa shape index (κ2) is 8.03. The number of anilines is 1. The second-order valence-corrected chi connectivity index (χ2v) is 8.61. The molecule has 0 radical (unpaired) electrons. The minimum Gasteiger partial charge on any atom is -0.444 e. The largest absolute Gasteiger partial charge is 0.444 e. The van der Waals surface area contributed by atoms with Crippen LogP contribution in [0.1, 0.15) is 25.8 Å². The molecule has 0 aliphatic carbocycles. The number of nitrogen functional groups attached to an aromatic ring is 1. The van der Waals surface area contributed by atoms with Crippen LogP contribution in [0.25, 0.3) is 11.2 Å². The molecule has 10 nitrogen and oxygen atoms in total. The number of imidazole rings is 1. The zero-order valence-electron chi connectivity index (χ0n) is 16.1. The van der Waals surface area contributed by atoms with Gasteiger partial charge in [-0.15, -0.1) is 0 Å². The van der Waals surface area contributed by atoms with Gasteiger partial charge in [-0.05, 0) is 12.0 Å². The SMILES string of the molecule is CCCS(=N)(=O)c1nc(N)c2c(n1)n(Cc1ccccc1)c(=O)n2COC(C)=O. The highest BCUT2D eigenvalue weighted by Gasteiger charge is 2.23. The van der Waals surface area contributed by atoms with Gasteiger partial charge in [0.1, 0.15) is 15.2 Å². The number of nitrogens with two attached hydrogens (primary N) is 1. The topological polar surface area (TPSA) is 146 Å². The van der Waals surface area contributed by atoms with Crippen molar-refractivity contribution in [1.82, 2.24) is 19.1 Å². The number of nitrogens with one attached hydrogen (secondary N) is 1. The minimum atomic E-state index is -3.26. The van der Waals surface area contributed by atoms with Gasteiger partial charge in [0, 0.05) is 12.7 Å². The summed E-state index contributed by atoms with van der Waals surface area (Å²) in [6.07, 6.45) is 0.508. The molecule has 29 heavy (non-hydrogen) atoms. The van der Waals surface area contributed by atoms with Crippen molar-refractivity contribution in [2.24, 2.45) is 0 Å². The number of ether oxygens (including phenoxy) is 1. The zero-order valence-corrected chi connectivity index (χ0v) is 16.9. The third-order valence-electron chi connectivity index (χ3n) is 4.23. The lowest BCUT2D eigenvalue weighted by Gasteiger charge is -2.08. The normalized spacial score (nSPS) is 13.3. The summed E-state index contributed by atoms with van der Waals surface area (Å²) in [6, 6.07) is 9.22. The second-order valence-electron chi connectivity index (χ2n) is 6.49. The fourth-order valence-electron chi connectivity index (χ4n) is 2.93. The highest BCUT2D eigenvalue weighted by Crippen LogP contribution is 2.21. The summed E-state index contributed by atoms with van der Waals surface area (Å²) in [6.45, 7) is 2.85. The molecule has 2 aromatic heterocycles. The smallest absolute Gasteiger partial charge is 0.333 e.